The number of benzene rings is 1. The predicted molar refractivity (Wildman–Crippen MR) is 65.3 cm³/mol. The van der Waals surface area contributed by atoms with Crippen molar-refractivity contribution in [3.8, 4) is 6.07 Å². The molecule has 1 saturated heterocycles. The van der Waals surface area contributed by atoms with Gasteiger partial charge in [0.2, 0.25) is 10.0 Å². The molecule has 102 valence electrons. The summed E-state index contributed by atoms with van der Waals surface area (Å²) in [6.45, 7) is 1.32. The molecule has 19 heavy (non-hydrogen) atoms. The number of nitriles is 1. The lowest BCUT2D eigenvalue weighted by Crippen LogP contribution is -2.33. The Labute approximate surface area is 111 Å². The van der Waals surface area contributed by atoms with Gasteiger partial charge in [0, 0.05) is 19.7 Å². The van der Waals surface area contributed by atoms with Crippen molar-refractivity contribution >= 4 is 10.0 Å². The van der Waals surface area contributed by atoms with Crippen LogP contribution in [0.1, 0.15) is 12.0 Å². The zero-order valence-corrected chi connectivity index (χ0v) is 11.0. The van der Waals surface area contributed by atoms with Crippen LogP contribution in [0.3, 0.4) is 0 Å². The zero-order valence-electron chi connectivity index (χ0n) is 10.2. The molecule has 0 aromatic heterocycles. The van der Waals surface area contributed by atoms with E-state index >= 15 is 0 Å². The van der Waals surface area contributed by atoms with Gasteiger partial charge >= 0.3 is 0 Å². The van der Waals surface area contributed by atoms with E-state index in [0.717, 1.165) is 6.07 Å². The second-order valence-electron chi connectivity index (χ2n) is 4.09. The summed E-state index contributed by atoms with van der Waals surface area (Å²) in [5.74, 6) is -0.824. The number of halogens is 1. The molecule has 5 nitrogen and oxygen atoms in total. The Morgan fingerprint density at radius 3 is 2.84 bits per heavy atom. The van der Waals surface area contributed by atoms with Crippen molar-refractivity contribution in [1.82, 2.24) is 4.31 Å². The summed E-state index contributed by atoms with van der Waals surface area (Å²) in [5, 5.41) is 8.92. The van der Waals surface area contributed by atoms with E-state index in [4.69, 9.17) is 10.00 Å². The van der Waals surface area contributed by atoms with Crippen LogP contribution in [0.5, 0.6) is 0 Å². The standard InChI is InChI=1S/C12H13FN2O3S/c13-11-3-1-4-12(10(11)9-14)19(16,17)15-5-2-7-18-8-6-15/h1,3-4H,2,5-8H2. The van der Waals surface area contributed by atoms with Crippen molar-refractivity contribution in [2.45, 2.75) is 11.3 Å². The summed E-state index contributed by atoms with van der Waals surface area (Å²) in [5.41, 5.74) is -0.437. The highest BCUT2D eigenvalue weighted by Gasteiger charge is 2.28. The van der Waals surface area contributed by atoms with Crippen LogP contribution < -0.4 is 0 Å². The normalized spacial score (nSPS) is 17.7. The SMILES string of the molecule is N#Cc1c(F)cccc1S(=O)(=O)N1CCCOCC1. The van der Waals surface area contributed by atoms with Crippen molar-refractivity contribution in [3.05, 3.63) is 29.6 Å². The van der Waals surface area contributed by atoms with Gasteiger partial charge < -0.3 is 4.74 Å². The number of hydrogen-bond acceptors (Lipinski definition) is 4. The third kappa shape index (κ3) is 2.76. The molecule has 1 aromatic rings. The van der Waals surface area contributed by atoms with E-state index in [1.807, 2.05) is 0 Å². The molecule has 0 bridgehead atoms. The smallest absolute Gasteiger partial charge is 0.244 e. The summed E-state index contributed by atoms with van der Waals surface area (Å²) in [7, 11) is -3.86. The second kappa shape index (κ2) is 5.65. The second-order valence-corrected chi connectivity index (χ2v) is 6.00. The molecule has 2 rings (SSSR count). The first-order chi connectivity index (χ1) is 9.07. The van der Waals surface area contributed by atoms with Crippen LogP contribution >= 0.6 is 0 Å². The zero-order chi connectivity index (χ0) is 13.9. The Hall–Kier alpha value is -1.49. The van der Waals surface area contributed by atoms with Crippen molar-refractivity contribution in [2.75, 3.05) is 26.3 Å². The van der Waals surface area contributed by atoms with E-state index in [9.17, 15) is 12.8 Å². The van der Waals surface area contributed by atoms with Crippen molar-refractivity contribution in [3.63, 3.8) is 0 Å². The minimum Gasteiger partial charge on any atom is -0.380 e. The molecular formula is C12H13FN2O3S. The van der Waals surface area contributed by atoms with Crippen LogP contribution in [-0.2, 0) is 14.8 Å². The number of ether oxygens (including phenoxy) is 1. The number of hydrogen-bond donors (Lipinski definition) is 0. The van der Waals surface area contributed by atoms with Crippen LogP contribution in [0.4, 0.5) is 4.39 Å². The fourth-order valence-corrected chi connectivity index (χ4v) is 3.54. The Balaban J connectivity index is 2.45. The summed E-state index contributed by atoms with van der Waals surface area (Å²) >= 11 is 0. The van der Waals surface area contributed by atoms with Crippen LogP contribution in [-0.4, -0.2) is 39.0 Å². The van der Waals surface area contributed by atoms with Gasteiger partial charge in [0.25, 0.3) is 0 Å². The lowest BCUT2D eigenvalue weighted by Gasteiger charge is -2.19. The van der Waals surface area contributed by atoms with Crippen molar-refractivity contribution in [2.24, 2.45) is 0 Å². The van der Waals surface area contributed by atoms with Gasteiger partial charge in [-0.25, -0.2) is 12.8 Å². The Bertz CT molecular complexity index is 602. The minimum absolute atomic E-state index is 0.212. The maximum absolute atomic E-state index is 13.5. The van der Waals surface area contributed by atoms with Gasteiger partial charge in [-0.1, -0.05) is 6.07 Å². The first-order valence-corrected chi connectivity index (χ1v) is 7.28. The maximum atomic E-state index is 13.5. The van der Waals surface area contributed by atoms with Crippen molar-refractivity contribution < 1.29 is 17.5 Å². The first kappa shape index (κ1) is 13.9. The van der Waals surface area contributed by atoms with Gasteiger partial charge in [0.05, 0.1) is 6.61 Å². The van der Waals surface area contributed by atoms with Gasteiger partial charge in [-0.2, -0.15) is 9.57 Å². The number of sulfonamides is 1. The first-order valence-electron chi connectivity index (χ1n) is 5.84. The molecule has 1 fully saturated rings. The highest BCUT2D eigenvalue weighted by molar-refractivity contribution is 7.89. The van der Waals surface area contributed by atoms with Crippen LogP contribution in [0, 0.1) is 17.1 Å². The Morgan fingerprint density at radius 1 is 1.32 bits per heavy atom. The number of nitrogens with zero attached hydrogens (tertiary/aromatic N) is 2. The third-order valence-electron chi connectivity index (χ3n) is 2.89. The summed E-state index contributed by atoms with van der Waals surface area (Å²) in [6, 6.07) is 5.23. The number of rotatable bonds is 2. The van der Waals surface area contributed by atoms with Gasteiger partial charge in [0.15, 0.2) is 0 Å². The van der Waals surface area contributed by atoms with Crippen molar-refractivity contribution in [1.29, 1.82) is 5.26 Å². The lowest BCUT2D eigenvalue weighted by atomic mass is 10.2. The van der Waals surface area contributed by atoms with Crippen LogP contribution in [0.15, 0.2) is 23.1 Å². The lowest BCUT2D eigenvalue weighted by molar-refractivity contribution is 0.148. The quantitative estimate of drug-likeness (QED) is 0.815. The molecule has 0 saturated carbocycles. The van der Waals surface area contributed by atoms with Crippen LogP contribution in [0.25, 0.3) is 0 Å². The summed E-state index contributed by atoms with van der Waals surface area (Å²) in [4.78, 5) is -0.281. The molecule has 1 aromatic carbocycles. The van der Waals surface area contributed by atoms with E-state index in [2.05, 4.69) is 0 Å². The topological polar surface area (TPSA) is 70.4 Å². The monoisotopic (exact) mass is 284 g/mol. The van der Waals surface area contributed by atoms with E-state index in [1.54, 1.807) is 6.07 Å². The van der Waals surface area contributed by atoms with E-state index in [1.165, 1.54) is 16.4 Å². The molecule has 0 atom stereocenters. The molecule has 1 heterocycles. The van der Waals surface area contributed by atoms with E-state index in [0.29, 0.717) is 26.2 Å². The average molecular weight is 284 g/mol. The fraction of sp³-hybridized carbons (Fsp3) is 0.417. The van der Waals surface area contributed by atoms with Gasteiger partial charge in [-0.3, -0.25) is 0 Å². The van der Waals surface area contributed by atoms with Gasteiger partial charge in [-0.05, 0) is 18.6 Å². The molecule has 0 N–H and O–H groups in total. The highest BCUT2D eigenvalue weighted by atomic mass is 32.2. The third-order valence-corrected chi connectivity index (χ3v) is 4.83. The minimum atomic E-state index is -3.86. The maximum Gasteiger partial charge on any atom is 0.244 e. The summed E-state index contributed by atoms with van der Waals surface area (Å²) in [6.07, 6.45) is 0.580. The molecule has 1 aliphatic heterocycles. The molecule has 0 amide bonds. The molecule has 1 aliphatic rings. The summed E-state index contributed by atoms with van der Waals surface area (Å²) < 4.78 is 44.8. The van der Waals surface area contributed by atoms with E-state index < -0.39 is 21.4 Å². The fourth-order valence-electron chi connectivity index (χ4n) is 1.93. The molecule has 0 aliphatic carbocycles. The molecule has 0 radical (unpaired) electrons. The van der Waals surface area contributed by atoms with E-state index in [-0.39, 0.29) is 11.4 Å². The predicted octanol–water partition coefficient (Wildman–Crippen LogP) is 1.11. The molecule has 0 unspecified atom stereocenters. The highest BCUT2D eigenvalue weighted by Crippen LogP contribution is 2.22. The Kier molecular flexibility index (Phi) is 4.14. The largest absolute Gasteiger partial charge is 0.380 e. The molecular weight excluding hydrogens is 271 g/mol. The molecule has 7 heteroatoms. The van der Waals surface area contributed by atoms with Gasteiger partial charge in [-0.15, -0.1) is 0 Å². The van der Waals surface area contributed by atoms with Crippen LogP contribution in [0.2, 0.25) is 0 Å². The average Bonchev–Trinajstić information content (AvgIpc) is 2.67. The molecule has 0 spiro atoms. The van der Waals surface area contributed by atoms with Gasteiger partial charge in [0.1, 0.15) is 22.3 Å². The Morgan fingerprint density at radius 2 is 2.11 bits per heavy atom.